The fourth-order valence-corrected chi connectivity index (χ4v) is 1.56. The summed E-state index contributed by atoms with van der Waals surface area (Å²) in [5, 5.41) is 0. The molecule has 94 valence electrons. The van der Waals surface area contributed by atoms with E-state index in [4.69, 9.17) is 15.2 Å². The number of carbonyl (C=O) groups excluding carboxylic acids is 1. The molecule has 0 saturated carbocycles. The molecule has 17 heavy (non-hydrogen) atoms. The second-order valence-electron chi connectivity index (χ2n) is 4.05. The summed E-state index contributed by atoms with van der Waals surface area (Å²) >= 11 is 0. The minimum Gasteiger partial charge on any atom is -0.496 e. The van der Waals surface area contributed by atoms with Gasteiger partial charge in [-0.2, -0.15) is 0 Å². The van der Waals surface area contributed by atoms with Crippen LogP contribution in [0.15, 0.2) is 18.2 Å². The Kier molecular flexibility index (Phi) is 4.52. The van der Waals surface area contributed by atoms with Gasteiger partial charge in [0.2, 0.25) is 0 Å². The third-order valence-corrected chi connectivity index (χ3v) is 2.88. The van der Waals surface area contributed by atoms with Gasteiger partial charge in [0.05, 0.1) is 14.2 Å². The molecule has 0 radical (unpaired) electrons. The maximum Gasteiger partial charge on any atom is 0.174 e. The van der Waals surface area contributed by atoms with Gasteiger partial charge in [0.25, 0.3) is 0 Å². The zero-order chi connectivity index (χ0) is 13.0. The number of ether oxygens (including phenoxy) is 2. The second kappa shape index (κ2) is 5.68. The topological polar surface area (TPSA) is 61.5 Å². The largest absolute Gasteiger partial charge is 0.496 e. The van der Waals surface area contributed by atoms with Gasteiger partial charge in [-0.15, -0.1) is 0 Å². The van der Waals surface area contributed by atoms with Crippen LogP contribution in [0.3, 0.4) is 0 Å². The fourth-order valence-electron chi connectivity index (χ4n) is 1.56. The number of Topliss-reactive ketones (excluding diaryl/α,β-unsaturated/α-hetero) is 1. The van der Waals surface area contributed by atoms with Gasteiger partial charge in [-0.3, -0.25) is 4.79 Å². The van der Waals surface area contributed by atoms with E-state index in [1.54, 1.807) is 25.1 Å². The lowest BCUT2D eigenvalue weighted by molar-refractivity contribution is 0.0910. The molecule has 0 aliphatic rings. The van der Waals surface area contributed by atoms with E-state index in [0.29, 0.717) is 17.1 Å². The van der Waals surface area contributed by atoms with Crippen LogP contribution >= 0.6 is 0 Å². The Morgan fingerprint density at radius 3 is 2.00 bits per heavy atom. The molecule has 1 aromatic carbocycles. The van der Waals surface area contributed by atoms with E-state index in [1.165, 1.54) is 14.2 Å². The predicted molar refractivity (Wildman–Crippen MR) is 66.7 cm³/mol. The van der Waals surface area contributed by atoms with Gasteiger partial charge in [0.15, 0.2) is 5.78 Å². The number of methoxy groups -OCH3 is 2. The van der Waals surface area contributed by atoms with Crippen molar-refractivity contribution in [2.24, 2.45) is 11.7 Å². The quantitative estimate of drug-likeness (QED) is 0.794. The molecule has 0 amide bonds. The number of ketones is 1. The highest BCUT2D eigenvalue weighted by Gasteiger charge is 2.25. The van der Waals surface area contributed by atoms with Crippen molar-refractivity contribution in [3.05, 3.63) is 23.8 Å². The van der Waals surface area contributed by atoms with E-state index < -0.39 is 0 Å². The Bertz CT molecular complexity index is 379. The average molecular weight is 237 g/mol. The average Bonchev–Trinajstić information content (AvgIpc) is 2.35. The van der Waals surface area contributed by atoms with Gasteiger partial charge < -0.3 is 15.2 Å². The predicted octanol–water partition coefficient (Wildman–Crippen LogP) is 1.87. The molecule has 2 N–H and O–H groups in total. The molecule has 0 saturated heterocycles. The minimum atomic E-state index is -0.278. The van der Waals surface area contributed by atoms with E-state index in [9.17, 15) is 4.79 Å². The number of rotatable bonds is 5. The Labute approximate surface area is 102 Å². The summed E-state index contributed by atoms with van der Waals surface area (Å²) in [5.41, 5.74) is 6.22. The summed E-state index contributed by atoms with van der Waals surface area (Å²) in [6.07, 6.45) is 0. The molecule has 1 aromatic rings. The van der Waals surface area contributed by atoms with Gasteiger partial charge in [-0.25, -0.2) is 0 Å². The lowest BCUT2D eigenvalue weighted by Crippen LogP contribution is -2.31. The SMILES string of the molecule is COc1cccc(OC)c1C(=O)C(C)C(C)N. The number of benzene rings is 1. The van der Waals surface area contributed by atoms with Gasteiger partial charge in [0.1, 0.15) is 17.1 Å². The summed E-state index contributed by atoms with van der Waals surface area (Å²) in [6.45, 7) is 3.61. The van der Waals surface area contributed by atoms with Crippen molar-refractivity contribution in [3.63, 3.8) is 0 Å². The number of carbonyl (C=O) groups is 1. The maximum atomic E-state index is 12.3. The highest BCUT2D eigenvalue weighted by Crippen LogP contribution is 2.30. The third kappa shape index (κ3) is 2.77. The van der Waals surface area contributed by atoms with Gasteiger partial charge in [0, 0.05) is 12.0 Å². The summed E-state index contributed by atoms with van der Waals surface area (Å²) in [7, 11) is 3.06. The molecular weight excluding hydrogens is 218 g/mol. The van der Waals surface area contributed by atoms with Crippen molar-refractivity contribution in [1.29, 1.82) is 0 Å². The molecule has 1 rings (SSSR count). The highest BCUT2D eigenvalue weighted by atomic mass is 16.5. The molecule has 0 aromatic heterocycles. The van der Waals surface area contributed by atoms with Crippen LogP contribution in [-0.4, -0.2) is 26.0 Å². The Hall–Kier alpha value is -1.55. The number of hydrogen-bond acceptors (Lipinski definition) is 4. The molecule has 0 fully saturated rings. The monoisotopic (exact) mass is 237 g/mol. The molecule has 0 aliphatic heterocycles. The molecular formula is C13H19NO3. The van der Waals surface area contributed by atoms with Crippen molar-refractivity contribution in [1.82, 2.24) is 0 Å². The number of hydrogen-bond donors (Lipinski definition) is 1. The van der Waals surface area contributed by atoms with E-state index in [1.807, 2.05) is 6.92 Å². The summed E-state index contributed by atoms with van der Waals surface area (Å²) in [5.74, 6) is 0.693. The summed E-state index contributed by atoms with van der Waals surface area (Å²) in [4.78, 5) is 12.3. The van der Waals surface area contributed by atoms with E-state index in [0.717, 1.165) is 0 Å². The van der Waals surface area contributed by atoms with E-state index in [2.05, 4.69) is 0 Å². The van der Waals surface area contributed by atoms with Crippen LogP contribution in [0.5, 0.6) is 11.5 Å². The zero-order valence-corrected chi connectivity index (χ0v) is 10.7. The first-order valence-electron chi connectivity index (χ1n) is 5.53. The van der Waals surface area contributed by atoms with E-state index in [-0.39, 0.29) is 17.7 Å². The first kappa shape index (κ1) is 13.5. The van der Waals surface area contributed by atoms with Crippen LogP contribution in [0.4, 0.5) is 0 Å². The van der Waals surface area contributed by atoms with Crippen LogP contribution in [0.25, 0.3) is 0 Å². The van der Waals surface area contributed by atoms with Crippen LogP contribution in [0.1, 0.15) is 24.2 Å². The van der Waals surface area contributed by atoms with Crippen LogP contribution in [0, 0.1) is 5.92 Å². The lowest BCUT2D eigenvalue weighted by Gasteiger charge is -2.18. The van der Waals surface area contributed by atoms with Crippen molar-refractivity contribution in [2.45, 2.75) is 19.9 Å². The molecule has 0 aliphatic carbocycles. The smallest absolute Gasteiger partial charge is 0.174 e. The van der Waals surface area contributed by atoms with E-state index >= 15 is 0 Å². The van der Waals surface area contributed by atoms with Crippen molar-refractivity contribution < 1.29 is 14.3 Å². The minimum absolute atomic E-state index is 0.0608. The molecule has 2 unspecified atom stereocenters. The second-order valence-corrected chi connectivity index (χ2v) is 4.05. The van der Waals surface area contributed by atoms with Crippen LogP contribution in [-0.2, 0) is 0 Å². The Morgan fingerprint density at radius 2 is 1.65 bits per heavy atom. The standard InChI is InChI=1S/C13H19NO3/c1-8(9(2)14)13(15)12-10(16-3)6-5-7-11(12)17-4/h5-9H,14H2,1-4H3. The lowest BCUT2D eigenvalue weighted by atomic mass is 9.93. The molecule has 4 heteroatoms. The molecule has 2 atom stereocenters. The Balaban J connectivity index is 3.23. The first-order valence-corrected chi connectivity index (χ1v) is 5.53. The summed E-state index contributed by atoms with van der Waals surface area (Å²) < 4.78 is 10.4. The Morgan fingerprint density at radius 1 is 1.18 bits per heavy atom. The molecule has 0 heterocycles. The molecule has 0 spiro atoms. The third-order valence-electron chi connectivity index (χ3n) is 2.88. The van der Waals surface area contributed by atoms with Gasteiger partial charge in [-0.05, 0) is 19.1 Å². The van der Waals surface area contributed by atoms with Crippen molar-refractivity contribution in [3.8, 4) is 11.5 Å². The molecule has 0 bridgehead atoms. The normalized spacial score (nSPS) is 13.9. The van der Waals surface area contributed by atoms with Gasteiger partial charge >= 0.3 is 0 Å². The van der Waals surface area contributed by atoms with Gasteiger partial charge in [-0.1, -0.05) is 13.0 Å². The number of nitrogens with two attached hydrogens (primary N) is 1. The zero-order valence-electron chi connectivity index (χ0n) is 10.7. The molecule has 4 nitrogen and oxygen atoms in total. The van der Waals surface area contributed by atoms with Crippen molar-refractivity contribution >= 4 is 5.78 Å². The highest BCUT2D eigenvalue weighted by molar-refractivity contribution is 6.03. The summed E-state index contributed by atoms with van der Waals surface area (Å²) in [6, 6.07) is 5.05. The maximum absolute atomic E-state index is 12.3. The van der Waals surface area contributed by atoms with Crippen LogP contribution < -0.4 is 15.2 Å². The fraction of sp³-hybridized carbons (Fsp3) is 0.462. The van der Waals surface area contributed by atoms with Crippen molar-refractivity contribution in [2.75, 3.05) is 14.2 Å². The van der Waals surface area contributed by atoms with Crippen LogP contribution in [0.2, 0.25) is 0 Å². The first-order chi connectivity index (χ1) is 8.02.